The molecule has 0 aromatic heterocycles. The molecule has 6 heteroatoms. The quantitative estimate of drug-likeness (QED) is 0.774. The molecule has 1 aliphatic heterocycles. The first-order valence-electron chi connectivity index (χ1n) is 8.41. The maximum atomic E-state index is 13.2. The predicted octanol–water partition coefficient (Wildman–Crippen LogP) is 2.06. The van der Waals surface area contributed by atoms with E-state index in [1.54, 1.807) is 19.1 Å². The van der Waals surface area contributed by atoms with Crippen LogP contribution in [0.1, 0.15) is 37.7 Å². The first-order chi connectivity index (χ1) is 11.5. The van der Waals surface area contributed by atoms with Crippen LogP contribution in [0.5, 0.6) is 0 Å². The number of hydrogen-bond acceptors (Lipinski definition) is 4. The fourth-order valence-corrected chi connectivity index (χ4v) is 3.40. The van der Waals surface area contributed by atoms with Crippen LogP contribution in [0.15, 0.2) is 24.3 Å². The number of nitrogens with zero attached hydrogens (tertiary/aromatic N) is 1. The number of amides is 1. The van der Waals surface area contributed by atoms with Gasteiger partial charge in [-0.15, -0.1) is 0 Å². The van der Waals surface area contributed by atoms with Gasteiger partial charge in [-0.25, -0.2) is 4.39 Å². The zero-order valence-electron chi connectivity index (χ0n) is 14.0. The Labute approximate surface area is 142 Å². The van der Waals surface area contributed by atoms with Gasteiger partial charge in [0.15, 0.2) is 0 Å². The average Bonchev–Trinajstić information content (AvgIpc) is 2.54. The van der Waals surface area contributed by atoms with Gasteiger partial charge in [0, 0.05) is 0 Å². The molecule has 132 valence electrons. The van der Waals surface area contributed by atoms with E-state index in [0.717, 1.165) is 31.5 Å². The van der Waals surface area contributed by atoms with E-state index >= 15 is 0 Å². The van der Waals surface area contributed by atoms with Gasteiger partial charge < -0.3 is 10.5 Å². The Morgan fingerprint density at radius 1 is 1.29 bits per heavy atom. The fraction of sp³-hybridized carbons (Fsp3) is 0.556. The van der Waals surface area contributed by atoms with Crippen LogP contribution >= 0.6 is 0 Å². The maximum absolute atomic E-state index is 13.2. The molecule has 2 rings (SSSR count). The molecule has 1 saturated heterocycles. The van der Waals surface area contributed by atoms with Crippen LogP contribution in [0.2, 0.25) is 0 Å². The number of ether oxygens (including phenoxy) is 1. The molecule has 2 N–H and O–H groups in total. The summed E-state index contributed by atoms with van der Waals surface area (Å²) in [6.45, 7) is 3.95. The van der Waals surface area contributed by atoms with Crippen LogP contribution in [0.4, 0.5) is 4.39 Å². The van der Waals surface area contributed by atoms with Gasteiger partial charge in [-0.2, -0.15) is 0 Å². The Bertz CT molecular complexity index is 554. The molecule has 0 radical (unpaired) electrons. The summed E-state index contributed by atoms with van der Waals surface area (Å²) in [6, 6.07) is 6.34. The Hall–Kier alpha value is -1.95. The second-order valence-electron chi connectivity index (χ2n) is 6.25. The van der Waals surface area contributed by atoms with Crippen molar-refractivity contribution in [3.8, 4) is 0 Å². The van der Waals surface area contributed by atoms with Gasteiger partial charge in [-0.05, 0) is 62.4 Å². The van der Waals surface area contributed by atoms with E-state index in [-0.39, 0.29) is 30.2 Å². The lowest BCUT2D eigenvalue weighted by Crippen LogP contribution is -2.40. The molecule has 0 bridgehead atoms. The number of rotatable bonds is 7. The summed E-state index contributed by atoms with van der Waals surface area (Å²) in [7, 11) is 0. The minimum Gasteiger partial charge on any atom is -0.466 e. The summed E-state index contributed by atoms with van der Waals surface area (Å²) in [6.07, 6.45) is 2.03. The molecule has 24 heavy (non-hydrogen) atoms. The van der Waals surface area contributed by atoms with Crippen molar-refractivity contribution >= 4 is 11.9 Å². The van der Waals surface area contributed by atoms with Crippen molar-refractivity contribution in [2.24, 2.45) is 11.7 Å². The van der Waals surface area contributed by atoms with E-state index < -0.39 is 0 Å². The van der Waals surface area contributed by atoms with E-state index in [1.165, 1.54) is 12.1 Å². The number of nitrogens with two attached hydrogens (primary N) is 1. The molecule has 1 aliphatic rings. The second kappa shape index (κ2) is 8.78. The molecule has 1 atom stereocenters. The lowest BCUT2D eigenvalue weighted by atomic mass is 9.78. The van der Waals surface area contributed by atoms with Crippen molar-refractivity contribution < 1.29 is 18.7 Å². The van der Waals surface area contributed by atoms with Gasteiger partial charge in [-0.3, -0.25) is 14.5 Å². The number of benzene rings is 1. The van der Waals surface area contributed by atoms with Gasteiger partial charge in [0.1, 0.15) is 5.82 Å². The predicted molar refractivity (Wildman–Crippen MR) is 88.7 cm³/mol. The van der Waals surface area contributed by atoms with E-state index in [4.69, 9.17) is 10.5 Å². The van der Waals surface area contributed by atoms with Crippen LogP contribution in [0.25, 0.3) is 0 Å². The largest absolute Gasteiger partial charge is 0.466 e. The summed E-state index contributed by atoms with van der Waals surface area (Å²) in [4.78, 5) is 25.0. The van der Waals surface area contributed by atoms with Gasteiger partial charge in [0.05, 0.1) is 19.6 Å². The average molecular weight is 336 g/mol. The molecule has 1 aromatic carbocycles. The Balaban J connectivity index is 2.07. The van der Waals surface area contributed by atoms with Crippen LogP contribution in [0, 0.1) is 11.7 Å². The van der Waals surface area contributed by atoms with Crippen molar-refractivity contribution in [1.82, 2.24) is 4.90 Å². The Morgan fingerprint density at radius 3 is 2.46 bits per heavy atom. The molecule has 0 aliphatic carbocycles. The second-order valence-corrected chi connectivity index (χ2v) is 6.25. The number of primary amides is 1. The summed E-state index contributed by atoms with van der Waals surface area (Å²) in [5.41, 5.74) is 6.20. The van der Waals surface area contributed by atoms with E-state index in [1.807, 2.05) is 4.90 Å². The highest BCUT2D eigenvalue weighted by molar-refractivity contribution is 5.75. The van der Waals surface area contributed by atoms with E-state index in [0.29, 0.717) is 18.9 Å². The molecule has 5 nitrogen and oxygen atoms in total. The number of halogens is 1. The minimum absolute atomic E-state index is 0.000350. The molecule has 0 unspecified atom stereocenters. The highest BCUT2D eigenvalue weighted by Gasteiger charge is 2.30. The van der Waals surface area contributed by atoms with Crippen LogP contribution in [-0.2, 0) is 14.3 Å². The normalized spacial score (nSPS) is 17.4. The molecular weight excluding hydrogens is 311 g/mol. The number of likely N-dealkylation sites (tertiary alicyclic amines) is 1. The first-order valence-corrected chi connectivity index (χ1v) is 8.41. The molecule has 1 amide bonds. The van der Waals surface area contributed by atoms with Crippen molar-refractivity contribution in [2.75, 3.05) is 26.2 Å². The Kier molecular flexibility index (Phi) is 6.73. The van der Waals surface area contributed by atoms with Crippen LogP contribution < -0.4 is 5.73 Å². The van der Waals surface area contributed by atoms with E-state index in [9.17, 15) is 14.0 Å². The number of piperidine rings is 1. The van der Waals surface area contributed by atoms with Crippen molar-refractivity contribution in [2.45, 2.75) is 32.1 Å². The highest BCUT2D eigenvalue weighted by Crippen LogP contribution is 2.35. The lowest BCUT2D eigenvalue weighted by Gasteiger charge is -2.35. The number of carbonyl (C=O) groups excluding carboxylic acids is 2. The third-order valence-electron chi connectivity index (χ3n) is 4.57. The van der Waals surface area contributed by atoms with Crippen molar-refractivity contribution in [3.05, 3.63) is 35.6 Å². The van der Waals surface area contributed by atoms with Gasteiger partial charge >= 0.3 is 5.97 Å². The standard InChI is InChI=1S/C18H25FN2O3/c1-2-24-18(23)11-16(13-3-5-15(19)6-4-13)14-7-9-21(10-8-14)12-17(20)22/h3-6,14,16H,2,7-12H2,1H3,(H2,20,22)/t16-/m0/s1. The topological polar surface area (TPSA) is 72.6 Å². The molecule has 1 aromatic rings. The zero-order chi connectivity index (χ0) is 17.5. The number of carbonyl (C=O) groups is 2. The van der Waals surface area contributed by atoms with Gasteiger partial charge in [-0.1, -0.05) is 12.1 Å². The number of hydrogen-bond donors (Lipinski definition) is 1. The third-order valence-corrected chi connectivity index (χ3v) is 4.57. The lowest BCUT2D eigenvalue weighted by molar-refractivity contribution is -0.144. The SMILES string of the molecule is CCOC(=O)C[C@@H](c1ccc(F)cc1)C1CCN(CC(N)=O)CC1. The Morgan fingerprint density at radius 2 is 1.92 bits per heavy atom. The summed E-state index contributed by atoms with van der Waals surface area (Å²) in [5.74, 6) is -0.546. The highest BCUT2D eigenvalue weighted by atomic mass is 19.1. The molecule has 0 spiro atoms. The molecule has 1 fully saturated rings. The number of esters is 1. The monoisotopic (exact) mass is 336 g/mol. The van der Waals surface area contributed by atoms with Crippen LogP contribution in [0.3, 0.4) is 0 Å². The van der Waals surface area contributed by atoms with Gasteiger partial charge in [0.2, 0.25) is 5.91 Å². The minimum atomic E-state index is -0.324. The van der Waals surface area contributed by atoms with Crippen molar-refractivity contribution in [1.29, 1.82) is 0 Å². The summed E-state index contributed by atoms with van der Waals surface area (Å²) >= 11 is 0. The molecule has 1 heterocycles. The fourth-order valence-electron chi connectivity index (χ4n) is 3.40. The first kappa shape index (κ1) is 18.4. The molecular formula is C18H25FN2O3. The summed E-state index contributed by atoms with van der Waals surface area (Å²) < 4.78 is 18.3. The third kappa shape index (κ3) is 5.30. The molecule has 0 saturated carbocycles. The van der Waals surface area contributed by atoms with Crippen LogP contribution in [-0.4, -0.2) is 43.0 Å². The zero-order valence-corrected chi connectivity index (χ0v) is 14.0. The summed E-state index contributed by atoms with van der Waals surface area (Å²) in [5, 5.41) is 0. The smallest absolute Gasteiger partial charge is 0.306 e. The maximum Gasteiger partial charge on any atom is 0.306 e. The van der Waals surface area contributed by atoms with Crippen molar-refractivity contribution in [3.63, 3.8) is 0 Å². The van der Waals surface area contributed by atoms with E-state index in [2.05, 4.69) is 0 Å². The van der Waals surface area contributed by atoms with Gasteiger partial charge in [0.25, 0.3) is 0 Å².